The summed E-state index contributed by atoms with van der Waals surface area (Å²) in [4.78, 5) is 10.4. The zero-order chi connectivity index (χ0) is 5.98. The maximum absolute atomic E-state index is 10.4. The fourth-order valence-electron chi connectivity index (χ4n) is 0.396. The lowest BCUT2D eigenvalue weighted by molar-refractivity contribution is -0.146. The van der Waals surface area contributed by atoms with Gasteiger partial charge < -0.3 is 9.47 Å². The SMILES string of the molecule is O=C1OC=COC1[SiH3]. The van der Waals surface area contributed by atoms with E-state index in [1.165, 1.54) is 12.5 Å². The number of esters is 1. The molecule has 0 N–H and O–H groups in total. The van der Waals surface area contributed by atoms with E-state index in [0.29, 0.717) is 10.2 Å². The molecule has 1 rings (SSSR count). The molecule has 1 atom stereocenters. The highest BCUT2D eigenvalue weighted by Gasteiger charge is 2.15. The fraction of sp³-hybridized carbons (Fsp3) is 0.250. The maximum Gasteiger partial charge on any atom is 0.347 e. The van der Waals surface area contributed by atoms with E-state index in [2.05, 4.69) is 4.74 Å². The van der Waals surface area contributed by atoms with Crippen LogP contribution in [0.4, 0.5) is 0 Å². The Kier molecular flexibility index (Phi) is 1.34. The van der Waals surface area contributed by atoms with Crippen molar-refractivity contribution in [1.82, 2.24) is 0 Å². The molecule has 4 heteroatoms. The maximum atomic E-state index is 10.4. The van der Waals surface area contributed by atoms with Gasteiger partial charge in [-0.2, -0.15) is 0 Å². The van der Waals surface area contributed by atoms with Crippen molar-refractivity contribution in [3.05, 3.63) is 12.5 Å². The molecular formula is C4H6O3Si. The molecule has 0 aliphatic carbocycles. The van der Waals surface area contributed by atoms with Crippen LogP contribution in [0.2, 0.25) is 0 Å². The Hall–Kier alpha value is -0.773. The topological polar surface area (TPSA) is 35.5 Å². The smallest absolute Gasteiger partial charge is 0.347 e. The molecule has 0 aromatic carbocycles. The average Bonchev–Trinajstić information content (AvgIpc) is 1.77. The first-order valence-corrected chi connectivity index (χ1v) is 3.47. The standard InChI is InChI=1S/C4H6O3Si/c5-3-4(8)7-2-1-6-3/h1-2,4H,8H3. The highest BCUT2D eigenvalue weighted by molar-refractivity contribution is 6.22. The molecular weight excluding hydrogens is 124 g/mol. The molecule has 0 bridgehead atoms. The predicted molar refractivity (Wildman–Crippen MR) is 30.0 cm³/mol. The molecule has 0 saturated carbocycles. The van der Waals surface area contributed by atoms with Crippen LogP contribution in [-0.2, 0) is 14.3 Å². The minimum Gasteiger partial charge on any atom is -0.488 e. The molecule has 1 aliphatic rings. The van der Waals surface area contributed by atoms with Crippen molar-refractivity contribution in [2.45, 2.75) is 5.73 Å². The summed E-state index contributed by atoms with van der Waals surface area (Å²) in [7, 11) is 0.686. The first kappa shape index (κ1) is 5.37. The Morgan fingerprint density at radius 2 is 2.38 bits per heavy atom. The molecule has 0 aromatic heterocycles. The van der Waals surface area contributed by atoms with Gasteiger partial charge in [0.05, 0.1) is 10.2 Å². The summed E-state index contributed by atoms with van der Waals surface area (Å²) in [6, 6.07) is 0. The van der Waals surface area contributed by atoms with Gasteiger partial charge in [-0.1, -0.05) is 0 Å². The summed E-state index contributed by atoms with van der Waals surface area (Å²) in [5, 5.41) is 0. The third-order valence-corrected chi connectivity index (χ3v) is 1.60. The Bertz CT molecular complexity index is 131. The second-order valence-corrected chi connectivity index (χ2v) is 2.54. The van der Waals surface area contributed by atoms with Crippen LogP contribution in [0.25, 0.3) is 0 Å². The summed E-state index contributed by atoms with van der Waals surface area (Å²) < 4.78 is 9.28. The van der Waals surface area contributed by atoms with Crippen LogP contribution < -0.4 is 0 Å². The second-order valence-electron chi connectivity index (χ2n) is 1.49. The van der Waals surface area contributed by atoms with Crippen molar-refractivity contribution in [1.29, 1.82) is 0 Å². The molecule has 0 aromatic rings. The molecule has 1 aliphatic heterocycles. The van der Waals surface area contributed by atoms with Gasteiger partial charge in [-0.15, -0.1) is 0 Å². The second kappa shape index (κ2) is 2.00. The van der Waals surface area contributed by atoms with Crippen LogP contribution in [0.3, 0.4) is 0 Å². The van der Waals surface area contributed by atoms with Gasteiger partial charge in [0.2, 0.25) is 0 Å². The lowest BCUT2D eigenvalue weighted by atomic mass is 10.7. The normalized spacial score (nSPS) is 27.0. The van der Waals surface area contributed by atoms with Gasteiger partial charge in [-0.3, -0.25) is 0 Å². The number of rotatable bonds is 0. The molecule has 3 nitrogen and oxygen atoms in total. The zero-order valence-electron chi connectivity index (χ0n) is 4.46. The number of carbonyl (C=O) groups excluding carboxylic acids is 1. The predicted octanol–water partition coefficient (Wildman–Crippen LogP) is -1.28. The van der Waals surface area contributed by atoms with Gasteiger partial charge in [0.25, 0.3) is 0 Å². The largest absolute Gasteiger partial charge is 0.488 e. The zero-order valence-corrected chi connectivity index (χ0v) is 6.46. The van der Waals surface area contributed by atoms with E-state index in [1.54, 1.807) is 0 Å². The number of cyclic esters (lactones) is 1. The van der Waals surface area contributed by atoms with Crippen LogP contribution in [-0.4, -0.2) is 21.9 Å². The summed E-state index contributed by atoms with van der Waals surface area (Å²) in [5.74, 6) is -0.279. The van der Waals surface area contributed by atoms with Crippen LogP contribution in [0, 0.1) is 0 Å². The first-order valence-electron chi connectivity index (χ1n) is 2.31. The quantitative estimate of drug-likeness (QED) is 0.303. The van der Waals surface area contributed by atoms with E-state index in [0.717, 1.165) is 0 Å². The van der Waals surface area contributed by atoms with E-state index >= 15 is 0 Å². The lowest BCUT2D eigenvalue weighted by Gasteiger charge is -2.12. The highest BCUT2D eigenvalue weighted by atomic mass is 28.1. The Labute approximate surface area is 49.7 Å². The average molecular weight is 130 g/mol. The minimum atomic E-state index is -0.306. The van der Waals surface area contributed by atoms with E-state index in [-0.39, 0.29) is 11.7 Å². The van der Waals surface area contributed by atoms with Gasteiger partial charge >= 0.3 is 5.97 Å². The summed E-state index contributed by atoms with van der Waals surface area (Å²) in [6.07, 6.45) is 2.63. The first-order chi connectivity index (χ1) is 3.80. The number of carbonyl (C=O) groups is 1. The van der Waals surface area contributed by atoms with Crippen LogP contribution >= 0.6 is 0 Å². The van der Waals surface area contributed by atoms with Gasteiger partial charge in [-0.05, 0) is 0 Å². The third kappa shape index (κ3) is 0.893. The van der Waals surface area contributed by atoms with Gasteiger partial charge in [0, 0.05) is 0 Å². The number of hydrogen-bond acceptors (Lipinski definition) is 3. The number of hydrogen-bond donors (Lipinski definition) is 0. The van der Waals surface area contributed by atoms with Crippen molar-refractivity contribution in [3.8, 4) is 0 Å². The van der Waals surface area contributed by atoms with Crippen LogP contribution in [0.15, 0.2) is 12.5 Å². The molecule has 8 heavy (non-hydrogen) atoms. The fourth-order valence-corrected chi connectivity index (χ4v) is 0.689. The van der Waals surface area contributed by atoms with Crippen molar-refractivity contribution in [2.75, 3.05) is 0 Å². The molecule has 1 unspecified atom stereocenters. The Balaban J connectivity index is 2.57. The minimum absolute atomic E-state index is 0.279. The molecule has 0 fully saturated rings. The van der Waals surface area contributed by atoms with Gasteiger partial charge in [0.1, 0.15) is 12.5 Å². The molecule has 0 amide bonds. The van der Waals surface area contributed by atoms with E-state index in [9.17, 15) is 4.79 Å². The van der Waals surface area contributed by atoms with E-state index in [4.69, 9.17) is 4.74 Å². The van der Waals surface area contributed by atoms with Crippen molar-refractivity contribution in [3.63, 3.8) is 0 Å². The van der Waals surface area contributed by atoms with Gasteiger partial charge in [-0.25, -0.2) is 4.79 Å². The summed E-state index contributed by atoms with van der Waals surface area (Å²) in [5.41, 5.74) is -0.306. The van der Waals surface area contributed by atoms with E-state index in [1.807, 2.05) is 0 Å². The van der Waals surface area contributed by atoms with Gasteiger partial charge in [0.15, 0.2) is 5.73 Å². The lowest BCUT2D eigenvalue weighted by Crippen LogP contribution is -2.26. The van der Waals surface area contributed by atoms with Crippen molar-refractivity contribution in [2.24, 2.45) is 0 Å². The third-order valence-electron chi connectivity index (χ3n) is 0.854. The highest BCUT2D eigenvalue weighted by Crippen LogP contribution is 1.98. The summed E-state index contributed by atoms with van der Waals surface area (Å²) >= 11 is 0. The van der Waals surface area contributed by atoms with E-state index < -0.39 is 0 Å². The summed E-state index contributed by atoms with van der Waals surface area (Å²) in [6.45, 7) is 0. The molecule has 44 valence electrons. The van der Waals surface area contributed by atoms with Crippen molar-refractivity contribution >= 4 is 16.2 Å². The Morgan fingerprint density at radius 3 is 2.75 bits per heavy atom. The Morgan fingerprint density at radius 1 is 1.62 bits per heavy atom. The molecule has 0 saturated heterocycles. The van der Waals surface area contributed by atoms with Crippen LogP contribution in [0.1, 0.15) is 0 Å². The number of ether oxygens (including phenoxy) is 2. The molecule has 0 spiro atoms. The van der Waals surface area contributed by atoms with Crippen molar-refractivity contribution < 1.29 is 14.3 Å². The molecule has 0 radical (unpaired) electrons. The molecule has 1 heterocycles. The monoisotopic (exact) mass is 130 g/mol. The van der Waals surface area contributed by atoms with Crippen LogP contribution in [0.5, 0.6) is 0 Å².